The number of anilines is 8. The molecular weight excluding hydrogens is 993 g/mol. The number of hydrogen-bond donors (Lipinski definition) is 0. The topological polar surface area (TPSA) is 14.7 Å². The van der Waals surface area contributed by atoms with Crippen LogP contribution in [0.15, 0.2) is 328 Å². The van der Waals surface area contributed by atoms with Gasteiger partial charge >= 0.3 is 0 Å². The fourth-order valence-corrected chi connectivity index (χ4v) is 12.8. The van der Waals surface area contributed by atoms with Crippen LogP contribution in [-0.2, 0) is 0 Å². The number of allylic oxidation sites excluding steroid dienone is 2. The van der Waals surface area contributed by atoms with Crippen LogP contribution in [0.3, 0.4) is 0 Å². The molecule has 0 N–H and O–H groups in total. The molecule has 4 nitrogen and oxygen atoms in total. The lowest BCUT2D eigenvalue weighted by molar-refractivity contribution is 0.745. The Morgan fingerprint density at radius 1 is 0.305 bits per heavy atom. The van der Waals surface area contributed by atoms with Crippen molar-refractivity contribution in [3.05, 3.63) is 333 Å². The van der Waals surface area contributed by atoms with E-state index in [0.29, 0.717) is 0 Å². The predicted molar refractivity (Wildman–Crippen MR) is 345 cm³/mol. The monoisotopic (exact) mass is 1050 g/mol. The summed E-state index contributed by atoms with van der Waals surface area (Å²) >= 11 is 0. The van der Waals surface area contributed by atoms with Gasteiger partial charge in [0, 0.05) is 73.4 Å². The highest BCUT2D eigenvalue weighted by Crippen LogP contribution is 2.52. The number of rotatable bonds is 12. The number of hydrogen-bond acceptors (Lipinski definition) is 3. The molecule has 82 heavy (non-hydrogen) atoms. The third-order valence-corrected chi connectivity index (χ3v) is 16.5. The first kappa shape index (κ1) is 48.4. The molecule has 15 rings (SSSR count). The van der Waals surface area contributed by atoms with Crippen molar-refractivity contribution < 1.29 is 0 Å². The lowest BCUT2D eigenvalue weighted by atomic mass is 9.91. The lowest BCUT2D eigenvalue weighted by Gasteiger charge is -2.29. The van der Waals surface area contributed by atoms with Crippen LogP contribution in [0.2, 0.25) is 0 Å². The van der Waals surface area contributed by atoms with Crippen LogP contribution in [0, 0.1) is 0 Å². The van der Waals surface area contributed by atoms with E-state index in [1.807, 2.05) is 0 Å². The Hall–Kier alpha value is -10.7. The van der Waals surface area contributed by atoms with Gasteiger partial charge in [0.1, 0.15) is 0 Å². The molecule has 4 heteroatoms. The van der Waals surface area contributed by atoms with E-state index in [9.17, 15) is 0 Å². The Balaban J connectivity index is 0.898. The van der Waals surface area contributed by atoms with E-state index >= 15 is 0 Å². The van der Waals surface area contributed by atoms with Crippen LogP contribution in [0.1, 0.15) is 11.5 Å². The second kappa shape index (κ2) is 20.8. The maximum atomic E-state index is 2.51. The summed E-state index contributed by atoms with van der Waals surface area (Å²) < 4.78 is 2.51. The standard InChI is InChI=1S/C78H56N4/c1-7-23-55(24-8-1)56-39-43-66(44-40-56)82-77(59-27-11-3-12-28-59)76(58-25-9-2-10-26-58)73-54-71(68-35-19-20-37-70(68)78(73)82)57-41-45-63(46-42-57)80(65-49-47-64(48-50-65)79(60-29-13-4-14-30-60)61-31-15-5-16-32-61)67-51-52-75-72(53-67)69-36-21-22-38-74(69)81(75)62-33-17-6-18-34-62/h1-54,69,74H. The van der Waals surface area contributed by atoms with Crippen molar-refractivity contribution in [2.45, 2.75) is 12.0 Å². The number of aromatic nitrogens is 1. The van der Waals surface area contributed by atoms with Gasteiger partial charge < -0.3 is 19.3 Å². The van der Waals surface area contributed by atoms with E-state index in [2.05, 4.69) is 347 Å². The van der Waals surface area contributed by atoms with Gasteiger partial charge in [-0.15, -0.1) is 0 Å². The van der Waals surface area contributed by atoms with Gasteiger partial charge in [0.15, 0.2) is 0 Å². The lowest BCUT2D eigenvalue weighted by Crippen LogP contribution is -2.28. The summed E-state index contributed by atoms with van der Waals surface area (Å²) in [5.41, 5.74) is 22.0. The predicted octanol–water partition coefficient (Wildman–Crippen LogP) is 21.1. The average Bonchev–Trinajstić information content (AvgIpc) is 3.48. The Kier molecular flexibility index (Phi) is 12.3. The molecule has 0 amide bonds. The van der Waals surface area contributed by atoms with Gasteiger partial charge in [-0.05, 0) is 154 Å². The van der Waals surface area contributed by atoms with Gasteiger partial charge in [0.2, 0.25) is 0 Å². The maximum absolute atomic E-state index is 2.51. The molecule has 1 aliphatic heterocycles. The van der Waals surface area contributed by atoms with Crippen LogP contribution in [0.25, 0.3) is 72.0 Å². The van der Waals surface area contributed by atoms with E-state index < -0.39 is 0 Å². The fraction of sp³-hybridized carbons (Fsp3) is 0.0256. The van der Waals surface area contributed by atoms with E-state index in [1.54, 1.807) is 0 Å². The highest BCUT2D eigenvalue weighted by molar-refractivity contribution is 6.20. The van der Waals surface area contributed by atoms with Gasteiger partial charge in [0.25, 0.3) is 0 Å². The van der Waals surface area contributed by atoms with Gasteiger partial charge in [-0.25, -0.2) is 0 Å². The molecule has 2 unspecified atom stereocenters. The van der Waals surface area contributed by atoms with Crippen LogP contribution in [0.4, 0.5) is 45.5 Å². The zero-order chi connectivity index (χ0) is 54.3. The first-order chi connectivity index (χ1) is 40.7. The van der Waals surface area contributed by atoms with Crippen molar-refractivity contribution in [2.24, 2.45) is 0 Å². The Labute approximate surface area is 479 Å². The van der Waals surface area contributed by atoms with Crippen molar-refractivity contribution >= 4 is 67.2 Å². The third kappa shape index (κ3) is 8.57. The molecule has 0 saturated heterocycles. The molecule has 2 atom stereocenters. The molecular formula is C78H56N4. The summed E-state index contributed by atoms with van der Waals surface area (Å²) in [6, 6.07) is 111. The summed E-state index contributed by atoms with van der Waals surface area (Å²) in [6.45, 7) is 0. The molecule has 0 saturated carbocycles. The van der Waals surface area contributed by atoms with E-state index in [0.717, 1.165) is 56.6 Å². The van der Waals surface area contributed by atoms with Crippen LogP contribution < -0.4 is 14.7 Å². The number of benzene rings is 12. The maximum Gasteiger partial charge on any atom is 0.0629 e. The number of para-hydroxylation sites is 3. The summed E-state index contributed by atoms with van der Waals surface area (Å²) in [4.78, 5) is 7.25. The molecule has 0 bridgehead atoms. The quantitative estimate of drug-likeness (QED) is 0.121. The van der Waals surface area contributed by atoms with E-state index in [4.69, 9.17) is 0 Å². The summed E-state index contributed by atoms with van der Waals surface area (Å²) in [5.74, 6) is 0.201. The highest BCUT2D eigenvalue weighted by atomic mass is 15.2. The number of fused-ring (bicyclic) bond motifs is 6. The molecule has 0 fully saturated rings. The molecule has 0 radical (unpaired) electrons. The van der Waals surface area contributed by atoms with E-state index in [1.165, 1.54) is 66.4 Å². The normalized spacial score (nSPS) is 14.2. The minimum Gasteiger partial charge on any atom is -0.333 e. The molecule has 2 aliphatic rings. The van der Waals surface area contributed by atoms with Crippen molar-refractivity contribution in [1.29, 1.82) is 0 Å². The zero-order valence-corrected chi connectivity index (χ0v) is 45.1. The fourth-order valence-electron chi connectivity index (χ4n) is 12.8. The Morgan fingerprint density at radius 2 is 0.756 bits per heavy atom. The highest BCUT2D eigenvalue weighted by Gasteiger charge is 2.38. The van der Waals surface area contributed by atoms with Crippen molar-refractivity contribution in [3.63, 3.8) is 0 Å². The first-order valence-corrected chi connectivity index (χ1v) is 28.3. The Bertz CT molecular complexity index is 4420. The summed E-state index contributed by atoms with van der Waals surface area (Å²) in [7, 11) is 0. The molecule has 13 aromatic rings. The minimum atomic E-state index is 0.182. The smallest absolute Gasteiger partial charge is 0.0629 e. The summed E-state index contributed by atoms with van der Waals surface area (Å²) in [5, 5.41) is 3.59. The van der Waals surface area contributed by atoms with Crippen molar-refractivity contribution in [2.75, 3.05) is 14.7 Å². The second-order valence-electron chi connectivity index (χ2n) is 21.2. The van der Waals surface area contributed by atoms with Crippen molar-refractivity contribution in [1.82, 2.24) is 4.57 Å². The second-order valence-corrected chi connectivity index (χ2v) is 21.2. The molecule has 1 aliphatic carbocycles. The minimum absolute atomic E-state index is 0.182. The van der Waals surface area contributed by atoms with Gasteiger partial charge in [-0.3, -0.25) is 0 Å². The van der Waals surface area contributed by atoms with Crippen molar-refractivity contribution in [3.8, 4) is 50.3 Å². The Morgan fingerprint density at radius 3 is 1.37 bits per heavy atom. The molecule has 0 spiro atoms. The van der Waals surface area contributed by atoms with Crippen LogP contribution >= 0.6 is 0 Å². The van der Waals surface area contributed by atoms with Gasteiger partial charge in [-0.2, -0.15) is 0 Å². The largest absolute Gasteiger partial charge is 0.333 e. The molecule has 2 heterocycles. The molecule has 1 aromatic heterocycles. The first-order valence-electron chi connectivity index (χ1n) is 28.3. The van der Waals surface area contributed by atoms with E-state index in [-0.39, 0.29) is 12.0 Å². The molecule has 12 aromatic carbocycles. The summed E-state index contributed by atoms with van der Waals surface area (Å²) in [6.07, 6.45) is 9.12. The molecule has 388 valence electrons. The average molecular weight is 1050 g/mol. The van der Waals surface area contributed by atoms with Crippen LogP contribution in [0.5, 0.6) is 0 Å². The SMILES string of the molecule is C1=CC2c3cc(N(c4ccc(-c5cc6c(-c7ccccc7)c(-c7ccccc7)n(-c7ccc(-c8ccccc8)cc7)c6c6ccccc56)cc4)c4ccc(N(c5ccccc5)c5ccccc5)cc4)ccc3N(c3ccccc3)C2C=C1. The number of nitrogens with zero attached hydrogens (tertiary/aromatic N) is 4. The van der Waals surface area contributed by atoms with Crippen LogP contribution in [-0.4, -0.2) is 10.6 Å². The van der Waals surface area contributed by atoms with Gasteiger partial charge in [-0.1, -0.05) is 218 Å². The zero-order valence-electron chi connectivity index (χ0n) is 45.1. The third-order valence-electron chi connectivity index (χ3n) is 16.5. The van der Waals surface area contributed by atoms with Gasteiger partial charge in [0.05, 0.1) is 17.3 Å².